The van der Waals surface area contributed by atoms with Crippen molar-refractivity contribution in [1.82, 2.24) is 24.8 Å². The summed E-state index contributed by atoms with van der Waals surface area (Å²) < 4.78 is 35.9. The van der Waals surface area contributed by atoms with Crippen LogP contribution in [0.2, 0.25) is 0 Å². The molecule has 2 aromatic heterocycles. The Bertz CT molecular complexity index is 1520. The molecule has 2 N–H and O–H groups in total. The van der Waals surface area contributed by atoms with Crippen molar-refractivity contribution in [3.05, 3.63) is 84.2 Å². The average Bonchev–Trinajstić information content (AvgIpc) is 3.68. The molecule has 5 rings (SSSR count). The second kappa shape index (κ2) is 11.7. The molecule has 1 aliphatic heterocycles. The van der Waals surface area contributed by atoms with Gasteiger partial charge < -0.3 is 4.74 Å². The van der Waals surface area contributed by atoms with Gasteiger partial charge in [-0.25, -0.2) is 18.6 Å². The maximum atomic E-state index is 13.8. The standard InChI is InChI=1S/C27H29N5O5S2/c1-37-21-12-10-19(11-13-21)17-24(27(33)29-34)31-18-22(28-30-31)23-9-5-6-16-32(23)39(35,36)26-15-14-25(38-26)20-7-3-2-4-8-20/h2-4,7-8,10-15,18,23-24,34H,5-6,9,16-17H2,1H3,(H,29,33). The fourth-order valence-electron chi connectivity index (χ4n) is 4.78. The molecule has 4 aromatic rings. The second-order valence-corrected chi connectivity index (χ2v) is 12.5. The van der Waals surface area contributed by atoms with Crippen molar-refractivity contribution < 1.29 is 23.2 Å². The van der Waals surface area contributed by atoms with Gasteiger partial charge in [0.25, 0.3) is 15.9 Å². The van der Waals surface area contributed by atoms with Gasteiger partial charge >= 0.3 is 0 Å². The van der Waals surface area contributed by atoms with Crippen LogP contribution in [0, 0.1) is 0 Å². The number of methoxy groups -OCH3 is 1. The van der Waals surface area contributed by atoms with E-state index in [-0.39, 0.29) is 10.6 Å². The number of sulfonamides is 1. The Morgan fingerprint density at radius 1 is 1.13 bits per heavy atom. The number of hydroxylamine groups is 1. The highest BCUT2D eigenvalue weighted by molar-refractivity contribution is 7.91. The van der Waals surface area contributed by atoms with Crippen molar-refractivity contribution in [2.75, 3.05) is 13.7 Å². The molecule has 0 saturated carbocycles. The lowest BCUT2D eigenvalue weighted by molar-refractivity contribution is -0.133. The fourth-order valence-corrected chi connectivity index (χ4v) is 7.89. The fraction of sp³-hybridized carbons (Fsp3) is 0.296. The number of thiophene rings is 1. The quantitative estimate of drug-likeness (QED) is 0.229. The molecule has 2 unspecified atom stereocenters. The molecule has 2 atom stereocenters. The zero-order valence-electron chi connectivity index (χ0n) is 21.3. The van der Waals surface area contributed by atoms with Crippen LogP contribution in [0.1, 0.15) is 42.6 Å². The smallest absolute Gasteiger partial charge is 0.268 e. The summed E-state index contributed by atoms with van der Waals surface area (Å²) in [4.78, 5) is 13.5. The summed E-state index contributed by atoms with van der Waals surface area (Å²) in [5.41, 5.74) is 3.96. The first kappa shape index (κ1) is 27.0. The van der Waals surface area contributed by atoms with Crippen molar-refractivity contribution in [2.45, 2.75) is 42.0 Å². The highest BCUT2D eigenvalue weighted by atomic mass is 32.2. The first-order valence-corrected chi connectivity index (χ1v) is 14.8. The van der Waals surface area contributed by atoms with Crippen LogP contribution in [-0.4, -0.2) is 52.5 Å². The monoisotopic (exact) mass is 567 g/mol. The number of hydrogen-bond acceptors (Lipinski definition) is 8. The number of carbonyl (C=O) groups is 1. The molecule has 3 heterocycles. The number of carbonyl (C=O) groups excluding carboxylic acids is 1. The maximum absolute atomic E-state index is 13.8. The Morgan fingerprint density at radius 3 is 2.62 bits per heavy atom. The Balaban J connectivity index is 1.41. The number of rotatable bonds is 9. The first-order chi connectivity index (χ1) is 18.9. The van der Waals surface area contributed by atoms with Crippen molar-refractivity contribution in [3.8, 4) is 16.2 Å². The molecule has 0 bridgehead atoms. The van der Waals surface area contributed by atoms with Gasteiger partial charge in [0.1, 0.15) is 21.7 Å². The van der Waals surface area contributed by atoms with Crippen LogP contribution in [0.4, 0.5) is 0 Å². The predicted octanol–water partition coefficient (Wildman–Crippen LogP) is 4.22. The first-order valence-electron chi connectivity index (χ1n) is 12.6. The van der Waals surface area contributed by atoms with Gasteiger partial charge in [-0.3, -0.25) is 10.0 Å². The topological polar surface area (TPSA) is 127 Å². The number of aromatic nitrogens is 3. The van der Waals surface area contributed by atoms with E-state index >= 15 is 0 Å². The molecule has 2 aromatic carbocycles. The summed E-state index contributed by atoms with van der Waals surface area (Å²) in [5, 5.41) is 17.8. The molecule has 1 aliphatic rings. The lowest BCUT2D eigenvalue weighted by Crippen LogP contribution is -2.38. The molecule has 1 saturated heterocycles. The lowest BCUT2D eigenvalue weighted by atomic mass is 10.0. The average molecular weight is 568 g/mol. The number of hydrogen-bond donors (Lipinski definition) is 2. The lowest BCUT2D eigenvalue weighted by Gasteiger charge is -2.33. The summed E-state index contributed by atoms with van der Waals surface area (Å²) in [6.45, 7) is 0.366. The van der Waals surface area contributed by atoms with E-state index in [1.54, 1.807) is 37.0 Å². The largest absolute Gasteiger partial charge is 0.497 e. The molecule has 0 spiro atoms. The van der Waals surface area contributed by atoms with Gasteiger partial charge in [-0.05, 0) is 48.2 Å². The zero-order chi connectivity index (χ0) is 27.4. The number of nitrogens with one attached hydrogen (secondary N) is 1. The zero-order valence-corrected chi connectivity index (χ0v) is 22.9. The third-order valence-electron chi connectivity index (χ3n) is 6.85. The molecule has 0 radical (unpaired) electrons. The van der Waals surface area contributed by atoms with Gasteiger partial charge in [0.2, 0.25) is 0 Å². The van der Waals surface area contributed by atoms with E-state index in [9.17, 15) is 18.4 Å². The van der Waals surface area contributed by atoms with Gasteiger partial charge in [-0.1, -0.05) is 54.1 Å². The minimum atomic E-state index is -3.79. The molecule has 12 heteroatoms. The van der Waals surface area contributed by atoms with Crippen LogP contribution in [0.3, 0.4) is 0 Å². The molecule has 39 heavy (non-hydrogen) atoms. The van der Waals surface area contributed by atoms with E-state index in [4.69, 9.17) is 4.74 Å². The van der Waals surface area contributed by atoms with Crippen molar-refractivity contribution in [1.29, 1.82) is 0 Å². The molecular weight excluding hydrogens is 538 g/mol. The van der Waals surface area contributed by atoms with E-state index in [2.05, 4.69) is 10.3 Å². The Morgan fingerprint density at radius 2 is 1.90 bits per heavy atom. The van der Waals surface area contributed by atoms with Gasteiger partial charge in [0.05, 0.1) is 19.3 Å². The van der Waals surface area contributed by atoms with Crippen LogP contribution in [-0.2, 0) is 21.2 Å². The van der Waals surface area contributed by atoms with Crippen LogP contribution < -0.4 is 10.2 Å². The summed E-state index contributed by atoms with van der Waals surface area (Å²) in [6, 6.07) is 19.0. The van der Waals surface area contributed by atoms with Gasteiger partial charge in [0.15, 0.2) is 0 Å². The van der Waals surface area contributed by atoms with E-state index in [0.717, 1.165) is 28.8 Å². The van der Waals surface area contributed by atoms with E-state index < -0.39 is 28.0 Å². The molecular formula is C27H29N5O5S2. The molecule has 0 aliphatic carbocycles. The third-order valence-corrected chi connectivity index (χ3v) is 10.4. The number of piperidine rings is 1. The third kappa shape index (κ3) is 5.74. The van der Waals surface area contributed by atoms with Crippen LogP contribution in [0.5, 0.6) is 5.75 Å². The van der Waals surface area contributed by atoms with E-state index in [1.165, 1.54) is 20.3 Å². The van der Waals surface area contributed by atoms with Gasteiger partial charge in [0, 0.05) is 17.8 Å². The SMILES string of the molecule is COc1ccc(CC(C(=O)NO)n2cc(C3CCCCN3S(=O)(=O)c3ccc(-c4ccccc4)s3)nn2)cc1. The second-order valence-electron chi connectivity index (χ2n) is 9.28. The maximum Gasteiger partial charge on any atom is 0.268 e. The summed E-state index contributed by atoms with van der Waals surface area (Å²) >= 11 is 1.24. The highest BCUT2D eigenvalue weighted by Crippen LogP contribution is 2.38. The molecule has 1 amide bonds. The number of amides is 1. The highest BCUT2D eigenvalue weighted by Gasteiger charge is 2.37. The molecule has 1 fully saturated rings. The van der Waals surface area contributed by atoms with Crippen LogP contribution in [0.15, 0.2) is 77.1 Å². The normalized spacial score (nSPS) is 17.0. The minimum Gasteiger partial charge on any atom is -0.497 e. The van der Waals surface area contributed by atoms with Crippen molar-refractivity contribution >= 4 is 27.3 Å². The van der Waals surface area contributed by atoms with Crippen LogP contribution in [0.25, 0.3) is 10.4 Å². The summed E-state index contributed by atoms with van der Waals surface area (Å²) in [6.07, 6.45) is 4.02. The van der Waals surface area contributed by atoms with Crippen LogP contribution >= 0.6 is 11.3 Å². The van der Waals surface area contributed by atoms with E-state index in [0.29, 0.717) is 24.4 Å². The predicted molar refractivity (Wildman–Crippen MR) is 146 cm³/mol. The van der Waals surface area contributed by atoms with Gasteiger partial charge in [-0.2, -0.15) is 4.31 Å². The minimum absolute atomic E-state index is 0.239. The Labute approximate surface area is 230 Å². The molecule has 204 valence electrons. The van der Waals surface area contributed by atoms with Crippen molar-refractivity contribution in [2.24, 2.45) is 0 Å². The molecule has 10 nitrogen and oxygen atoms in total. The number of ether oxygens (including phenoxy) is 1. The number of nitrogens with zero attached hydrogens (tertiary/aromatic N) is 4. The Kier molecular flexibility index (Phi) is 8.07. The van der Waals surface area contributed by atoms with Gasteiger partial charge in [-0.15, -0.1) is 16.4 Å². The number of benzene rings is 2. The summed E-state index contributed by atoms with van der Waals surface area (Å²) in [5.74, 6) is 0.0348. The Hall–Kier alpha value is -3.58. The summed E-state index contributed by atoms with van der Waals surface area (Å²) in [7, 11) is -2.22. The van der Waals surface area contributed by atoms with E-state index in [1.807, 2.05) is 48.5 Å². The van der Waals surface area contributed by atoms with Crippen molar-refractivity contribution in [3.63, 3.8) is 0 Å².